The smallest absolute Gasteiger partial charge is 0.338 e. The molecule has 1 amide bonds. The van der Waals surface area contributed by atoms with E-state index in [9.17, 15) is 9.59 Å². The van der Waals surface area contributed by atoms with E-state index in [1.54, 1.807) is 37.4 Å². The van der Waals surface area contributed by atoms with Gasteiger partial charge in [-0.1, -0.05) is 28.1 Å². The van der Waals surface area contributed by atoms with Gasteiger partial charge in [0, 0.05) is 17.3 Å². The maximum atomic E-state index is 12.2. The van der Waals surface area contributed by atoms with E-state index in [2.05, 4.69) is 21.2 Å². The van der Waals surface area contributed by atoms with Crippen LogP contribution in [0.2, 0.25) is 0 Å². The number of halogens is 1. The molecule has 1 atom stereocenters. The number of ether oxygens (including phenoxy) is 2. The molecule has 2 aromatic rings. The summed E-state index contributed by atoms with van der Waals surface area (Å²) in [5.41, 5.74) is 1.87. The molecule has 0 spiro atoms. The molecule has 0 aliphatic rings. The molecule has 24 heavy (non-hydrogen) atoms. The van der Waals surface area contributed by atoms with Gasteiger partial charge in [0.05, 0.1) is 12.2 Å². The normalized spacial score (nSPS) is 11.6. The van der Waals surface area contributed by atoms with Crippen LogP contribution in [0.25, 0.3) is 0 Å². The first-order valence-corrected chi connectivity index (χ1v) is 8.14. The van der Waals surface area contributed by atoms with Crippen molar-refractivity contribution in [2.24, 2.45) is 0 Å². The number of benzene rings is 2. The summed E-state index contributed by atoms with van der Waals surface area (Å²) in [5, 5.41) is 2.70. The lowest BCUT2D eigenvalue weighted by atomic mass is 10.1. The molecule has 0 saturated heterocycles. The summed E-state index contributed by atoms with van der Waals surface area (Å²) in [5.74, 6) is -0.940. The van der Waals surface area contributed by atoms with E-state index in [0.29, 0.717) is 17.9 Å². The lowest BCUT2D eigenvalue weighted by Gasteiger charge is -2.14. The van der Waals surface area contributed by atoms with E-state index < -0.39 is 18.0 Å². The standard InChI is InChI=1S/C18H18BrNO4/c1-12(17(21)20-16-8-6-15(19)7-9-16)24-18(22)14-5-3-4-13(10-14)11-23-2/h3-10,12H,11H2,1-2H3,(H,20,21)/t12-/m1/s1. The van der Waals surface area contributed by atoms with Gasteiger partial charge in [0.2, 0.25) is 0 Å². The van der Waals surface area contributed by atoms with Crippen molar-refractivity contribution in [1.29, 1.82) is 0 Å². The second-order valence-corrected chi connectivity index (χ2v) is 6.09. The Hall–Kier alpha value is -2.18. The summed E-state index contributed by atoms with van der Waals surface area (Å²) >= 11 is 3.33. The van der Waals surface area contributed by atoms with E-state index in [-0.39, 0.29) is 0 Å². The zero-order valence-corrected chi connectivity index (χ0v) is 15.0. The van der Waals surface area contributed by atoms with Crippen molar-refractivity contribution < 1.29 is 19.1 Å². The van der Waals surface area contributed by atoms with Crippen LogP contribution in [0.4, 0.5) is 5.69 Å². The number of methoxy groups -OCH3 is 1. The summed E-state index contributed by atoms with van der Waals surface area (Å²) in [6, 6.07) is 14.1. The first-order valence-electron chi connectivity index (χ1n) is 7.35. The Labute approximate surface area is 149 Å². The number of hydrogen-bond acceptors (Lipinski definition) is 4. The molecular weight excluding hydrogens is 374 g/mol. The number of esters is 1. The number of rotatable bonds is 6. The van der Waals surface area contributed by atoms with Gasteiger partial charge in [-0.2, -0.15) is 0 Å². The zero-order chi connectivity index (χ0) is 17.5. The van der Waals surface area contributed by atoms with Crippen LogP contribution in [0.1, 0.15) is 22.8 Å². The highest BCUT2D eigenvalue weighted by molar-refractivity contribution is 9.10. The fourth-order valence-corrected chi connectivity index (χ4v) is 2.28. The maximum Gasteiger partial charge on any atom is 0.338 e. The van der Waals surface area contributed by atoms with Gasteiger partial charge in [-0.25, -0.2) is 4.79 Å². The molecule has 2 aromatic carbocycles. The SMILES string of the molecule is COCc1cccc(C(=O)O[C@H](C)C(=O)Nc2ccc(Br)cc2)c1. The molecule has 126 valence electrons. The molecule has 0 saturated carbocycles. The van der Waals surface area contributed by atoms with E-state index in [4.69, 9.17) is 9.47 Å². The Morgan fingerprint density at radius 3 is 2.54 bits per heavy atom. The Bertz CT molecular complexity index is 715. The summed E-state index contributed by atoms with van der Waals surface area (Å²) in [4.78, 5) is 24.3. The van der Waals surface area contributed by atoms with Crippen molar-refractivity contribution in [2.75, 3.05) is 12.4 Å². The largest absolute Gasteiger partial charge is 0.449 e. The zero-order valence-electron chi connectivity index (χ0n) is 13.4. The number of amides is 1. The van der Waals surface area contributed by atoms with Gasteiger partial charge in [-0.15, -0.1) is 0 Å². The molecule has 0 aromatic heterocycles. The van der Waals surface area contributed by atoms with E-state index >= 15 is 0 Å². The van der Waals surface area contributed by atoms with Gasteiger partial charge in [0.1, 0.15) is 0 Å². The summed E-state index contributed by atoms with van der Waals surface area (Å²) in [7, 11) is 1.58. The van der Waals surface area contributed by atoms with Crippen molar-refractivity contribution in [3.63, 3.8) is 0 Å². The van der Waals surface area contributed by atoms with E-state index in [1.165, 1.54) is 6.92 Å². The Morgan fingerprint density at radius 1 is 1.17 bits per heavy atom. The Kier molecular flexibility index (Phi) is 6.52. The molecule has 0 heterocycles. The van der Waals surface area contributed by atoms with E-state index in [0.717, 1.165) is 10.0 Å². The summed E-state index contributed by atoms with van der Waals surface area (Å²) in [6.07, 6.45) is -0.910. The van der Waals surface area contributed by atoms with Gasteiger partial charge in [-0.05, 0) is 48.9 Å². The third kappa shape index (κ3) is 5.18. The number of nitrogens with one attached hydrogen (secondary N) is 1. The predicted molar refractivity (Wildman–Crippen MR) is 94.8 cm³/mol. The first kappa shape index (κ1) is 18.2. The highest BCUT2D eigenvalue weighted by Gasteiger charge is 2.19. The number of anilines is 1. The molecule has 0 bridgehead atoms. The van der Waals surface area contributed by atoms with Crippen LogP contribution in [0.3, 0.4) is 0 Å². The van der Waals surface area contributed by atoms with Crippen LogP contribution in [0, 0.1) is 0 Å². The quantitative estimate of drug-likeness (QED) is 0.760. The van der Waals surface area contributed by atoms with Crippen molar-refractivity contribution in [2.45, 2.75) is 19.6 Å². The summed E-state index contributed by atoms with van der Waals surface area (Å²) in [6.45, 7) is 1.94. The second-order valence-electron chi connectivity index (χ2n) is 5.18. The second kappa shape index (κ2) is 8.61. The van der Waals surface area contributed by atoms with Crippen molar-refractivity contribution in [3.8, 4) is 0 Å². The molecule has 0 aliphatic heterocycles. The average molecular weight is 392 g/mol. The molecule has 1 N–H and O–H groups in total. The van der Waals surface area contributed by atoms with Crippen molar-refractivity contribution >= 4 is 33.5 Å². The maximum absolute atomic E-state index is 12.2. The van der Waals surface area contributed by atoms with Crippen molar-refractivity contribution in [3.05, 3.63) is 64.1 Å². The molecule has 0 radical (unpaired) electrons. The minimum absolute atomic E-state index is 0.382. The predicted octanol–water partition coefficient (Wildman–Crippen LogP) is 3.78. The lowest BCUT2D eigenvalue weighted by Crippen LogP contribution is -2.30. The molecule has 0 fully saturated rings. The molecule has 6 heteroatoms. The first-order chi connectivity index (χ1) is 11.5. The number of hydrogen-bond donors (Lipinski definition) is 1. The van der Waals surface area contributed by atoms with E-state index in [1.807, 2.05) is 18.2 Å². The molecule has 5 nitrogen and oxygen atoms in total. The Balaban J connectivity index is 1.96. The van der Waals surface area contributed by atoms with Crippen molar-refractivity contribution in [1.82, 2.24) is 0 Å². The van der Waals surface area contributed by atoms with Crippen LogP contribution in [-0.4, -0.2) is 25.1 Å². The highest BCUT2D eigenvalue weighted by atomic mass is 79.9. The van der Waals surface area contributed by atoms with Gasteiger partial charge >= 0.3 is 5.97 Å². The fourth-order valence-electron chi connectivity index (χ4n) is 2.01. The lowest BCUT2D eigenvalue weighted by molar-refractivity contribution is -0.123. The number of carbonyl (C=O) groups is 2. The molecule has 0 unspecified atom stereocenters. The van der Waals surface area contributed by atoms with Gasteiger partial charge in [-0.3, -0.25) is 4.79 Å². The average Bonchev–Trinajstić information content (AvgIpc) is 2.57. The van der Waals surface area contributed by atoms with Gasteiger partial charge < -0.3 is 14.8 Å². The molecule has 0 aliphatic carbocycles. The molecule has 2 rings (SSSR count). The van der Waals surface area contributed by atoms with Crippen LogP contribution >= 0.6 is 15.9 Å². The monoisotopic (exact) mass is 391 g/mol. The minimum Gasteiger partial charge on any atom is -0.449 e. The van der Waals surface area contributed by atoms with Crippen LogP contribution in [0.5, 0.6) is 0 Å². The number of carbonyl (C=O) groups excluding carboxylic acids is 2. The van der Waals surface area contributed by atoms with Gasteiger partial charge in [0.25, 0.3) is 5.91 Å². The fraction of sp³-hybridized carbons (Fsp3) is 0.222. The van der Waals surface area contributed by atoms with Crippen LogP contribution in [-0.2, 0) is 20.9 Å². The van der Waals surface area contributed by atoms with Gasteiger partial charge in [0.15, 0.2) is 6.10 Å². The van der Waals surface area contributed by atoms with Crippen LogP contribution in [0.15, 0.2) is 53.0 Å². The third-order valence-corrected chi connectivity index (χ3v) is 3.77. The topological polar surface area (TPSA) is 64.6 Å². The van der Waals surface area contributed by atoms with Crippen LogP contribution < -0.4 is 5.32 Å². The highest BCUT2D eigenvalue weighted by Crippen LogP contribution is 2.15. The molecular formula is C18H18BrNO4. The third-order valence-electron chi connectivity index (χ3n) is 3.24. The Morgan fingerprint density at radius 2 is 1.88 bits per heavy atom. The summed E-state index contributed by atoms with van der Waals surface area (Å²) < 4.78 is 11.2. The minimum atomic E-state index is -0.910.